The highest BCUT2D eigenvalue weighted by molar-refractivity contribution is 9.09. The zero-order valence-corrected chi connectivity index (χ0v) is 9.00. The highest BCUT2D eigenvalue weighted by Crippen LogP contribution is 2.10. The fourth-order valence-corrected chi connectivity index (χ4v) is 1.54. The van der Waals surface area contributed by atoms with Crippen LogP contribution in [0.5, 0.6) is 0 Å². The van der Waals surface area contributed by atoms with Gasteiger partial charge in [0.2, 0.25) is 0 Å². The van der Waals surface area contributed by atoms with Crippen LogP contribution in [0.2, 0.25) is 0 Å². The Morgan fingerprint density at radius 2 is 2.50 bits per heavy atom. The molecule has 1 rings (SSSR count). The van der Waals surface area contributed by atoms with Gasteiger partial charge in [-0.15, -0.1) is 0 Å². The molecule has 1 aromatic rings. The summed E-state index contributed by atoms with van der Waals surface area (Å²) in [6, 6.07) is 0. The molecule has 0 saturated carbocycles. The van der Waals surface area contributed by atoms with E-state index in [0.29, 0.717) is 0 Å². The Hall–Kier alpha value is -0.570. The van der Waals surface area contributed by atoms with E-state index in [0.717, 1.165) is 11.8 Å². The van der Waals surface area contributed by atoms with E-state index >= 15 is 0 Å². The molecule has 2 nitrogen and oxygen atoms in total. The van der Waals surface area contributed by atoms with Gasteiger partial charge in [-0.25, -0.2) is 0 Å². The van der Waals surface area contributed by atoms with Crippen LogP contribution in [0.4, 0.5) is 0 Å². The van der Waals surface area contributed by atoms with Gasteiger partial charge in [-0.2, -0.15) is 5.10 Å². The predicted molar refractivity (Wildman–Crippen MR) is 55.3 cm³/mol. The lowest BCUT2D eigenvalue weighted by Gasteiger charge is -1.95. The molecule has 66 valence electrons. The maximum absolute atomic E-state index is 4.10. The van der Waals surface area contributed by atoms with Crippen LogP contribution in [-0.4, -0.2) is 15.1 Å². The Bertz CT molecular complexity index is 270. The van der Waals surface area contributed by atoms with E-state index in [1.165, 1.54) is 11.1 Å². The number of halogens is 1. The maximum Gasteiger partial charge on any atom is 0.0562 e. The minimum absolute atomic E-state index is 0.943. The first-order valence-corrected chi connectivity index (χ1v) is 5.12. The molecular weight excluding hydrogens is 216 g/mol. The molecule has 0 atom stereocenters. The van der Waals surface area contributed by atoms with Crippen molar-refractivity contribution in [3.63, 3.8) is 0 Å². The lowest BCUT2D eigenvalue weighted by atomic mass is 10.2. The number of allylic oxidation sites excluding steroid dienone is 1. The van der Waals surface area contributed by atoms with Gasteiger partial charge in [0.1, 0.15) is 0 Å². The SMILES string of the molecule is CC/C(=C\c1cnn(C)c1)CBr. The van der Waals surface area contributed by atoms with Crippen LogP contribution < -0.4 is 0 Å². The Morgan fingerprint density at radius 3 is 2.92 bits per heavy atom. The summed E-state index contributed by atoms with van der Waals surface area (Å²) in [4.78, 5) is 0. The van der Waals surface area contributed by atoms with E-state index < -0.39 is 0 Å². The third-order valence-corrected chi connectivity index (χ3v) is 2.44. The minimum atomic E-state index is 0.943. The highest BCUT2D eigenvalue weighted by atomic mass is 79.9. The summed E-state index contributed by atoms with van der Waals surface area (Å²) in [6.07, 6.45) is 7.14. The van der Waals surface area contributed by atoms with E-state index in [2.05, 4.69) is 34.0 Å². The van der Waals surface area contributed by atoms with Gasteiger partial charge >= 0.3 is 0 Å². The van der Waals surface area contributed by atoms with Gasteiger partial charge in [0.15, 0.2) is 0 Å². The Morgan fingerprint density at radius 1 is 1.75 bits per heavy atom. The molecule has 0 spiro atoms. The first kappa shape index (κ1) is 9.52. The van der Waals surface area contributed by atoms with Crippen molar-refractivity contribution in [1.29, 1.82) is 0 Å². The Labute approximate surface area is 81.4 Å². The van der Waals surface area contributed by atoms with Gasteiger partial charge < -0.3 is 0 Å². The van der Waals surface area contributed by atoms with Crippen molar-refractivity contribution < 1.29 is 0 Å². The summed E-state index contributed by atoms with van der Waals surface area (Å²) in [5.41, 5.74) is 2.57. The molecule has 12 heavy (non-hydrogen) atoms. The van der Waals surface area contributed by atoms with Crippen molar-refractivity contribution in [2.75, 3.05) is 5.33 Å². The minimum Gasteiger partial charge on any atom is -0.275 e. The van der Waals surface area contributed by atoms with E-state index in [1.807, 2.05) is 24.1 Å². The zero-order valence-electron chi connectivity index (χ0n) is 7.42. The average Bonchev–Trinajstić information content (AvgIpc) is 2.47. The van der Waals surface area contributed by atoms with Crippen molar-refractivity contribution in [2.45, 2.75) is 13.3 Å². The fraction of sp³-hybridized carbons (Fsp3) is 0.444. The molecular formula is C9H13BrN2. The van der Waals surface area contributed by atoms with Gasteiger partial charge in [0.05, 0.1) is 6.20 Å². The first-order valence-electron chi connectivity index (χ1n) is 4.00. The maximum atomic E-state index is 4.10. The molecule has 0 N–H and O–H groups in total. The first-order chi connectivity index (χ1) is 5.76. The molecule has 1 aromatic heterocycles. The third kappa shape index (κ3) is 2.48. The topological polar surface area (TPSA) is 17.8 Å². The van der Waals surface area contributed by atoms with Crippen LogP contribution in [-0.2, 0) is 7.05 Å². The normalized spacial score (nSPS) is 12.1. The number of hydrogen-bond donors (Lipinski definition) is 0. The lowest BCUT2D eigenvalue weighted by Crippen LogP contribution is -1.84. The van der Waals surface area contributed by atoms with Crippen LogP contribution in [0.15, 0.2) is 18.0 Å². The van der Waals surface area contributed by atoms with Crippen molar-refractivity contribution in [3.05, 3.63) is 23.5 Å². The molecule has 3 heteroatoms. The van der Waals surface area contributed by atoms with Crippen molar-refractivity contribution in [3.8, 4) is 0 Å². The largest absolute Gasteiger partial charge is 0.275 e. The van der Waals surface area contributed by atoms with E-state index in [4.69, 9.17) is 0 Å². The van der Waals surface area contributed by atoms with Gasteiger partial charge in [0, 0.05) is 24.1 Å². The molecule has 0 amide bonds. The summed E-state index contributed by atoms with van der Waals surface area (Å²) in [6.45, 7) is 2.16. The second kappa shape index (κ2) is 4.45. The van der Waals surface area contributed by atoms with E-state index in [9.17, 15) is 0 Å². The van der Waals surface area contributed by atoms with Crippen LogP contribution in [0, 0.1) is 0 Å². The van der Waals surface area contributed by atoms with Crippen LogP contribution in [0.25, 0.3) is 6.08 Å². The molecule has 0 unspecified atom stereocenters. The average molecular weight is 229 g/mol. The van der Waals surface area contributed by atoms with Crippen molar-refractivity contribution in [2.24, 2.45) is 7.05 Å². The Balaban J connectivity index is 2.78. The molecule has 0 aliphatic carbocycles. The van der Waals surface area contributed by atoms with Crippen LogP contribution >= 0.6 is 15.9 Å². The quantitative estimate of drug-likeness (QED) is 0.728. The summed E-state index contributed by atoms with van der Waals surface area (Å²) < 4.78 is 1.81. The zero-order chi connectivity index (χ0) is 8.97. The number of aromatic nitrogens is 2. The Kier molecular flexibility index (Phi) is 3.53. The van der Waals surface area contributed by atoms with E-state index in [-0.39, 0.29) is 0 Å². The van der Waals surface area contributed by atoms with E-state index in [1.54, 1.807) is 0 Å². The number of alkyl halides is 1. The van der Waals surface area contributed by atoms with Gasteiger partial charge in [-0.05, 0) is 6.42 Å². The molecule has 0 aliphatic heterocycles. The predicted octanol–water partition coefficient (Wildman–Crippen LogP) is 2.61. The standard InChI is InChI=1S/C9H13BrN2/c1-3-8(5-10)4-9-6-11-12(2)7-9/h4,6-7H,3,5H2,1-2H3/b8-4+. The summed E-state index contributed by atoms with van der Waals surface area (Å²) in [5, 5.41) is 5.04. The number of rotatable bonds is 3. The second-order valence-electron chi connectivity index (χ2n) is 2.74. The van der Waals surface area contributed by atoms with Gasteiger partial charge in [0.25, 0.3) is 0 Å². The number of aryl methyl sites for hydroxylation is 1. The number of nitrogens with zero attached hydrogens (tertiary/aromatic N) is 2. The second-order valence-corrected chi connectivity index (χ2v) is 3.30. The molecule has 1 heterocycles. The fourth-order valence-electron chi connectivity index (χ4n) is 0.986. The molecule has 0 aliphatic rings. The molecule has 0 bridgehead atoms. The summed E-state index contributed by atoms with van der Waals surface area (Å²) >= 11 is 3.44. The van der Waals surface area contributed by atoms with Gasteiger partial charge in [-0.3, -0.25) is 4.68 Å². The van der Waals surface area contributed by atoms with Crippen molar-refractivity contribution >= 4 is 22.0 Å². The van der Waals surface area contributed by atoms with Crippen LogP contribution in [0.3, 0.4) is 0 Å². The third-order valence-electron chi connectivity index (χ3n) is 1.72. The smallest absolute Gasteiger partial charge is 0.0562 e. The molecule has 0 fully saturated rings. The monoisotopic (exact) mass is 228 g/mol. The molecule has 0 aromatic carbocycles. The lowest BCUT2D eigenvalue weighted by molar-refractivity contribution is 0.767. The van der Waals surface area contributed by atoms with Gasteiger partial charge in [-0.1, -0.05) is 34.5 Å². The molecule has 0 saturated heterocycles. The van der Waals surface area contributed by atoms with Crippen LogP contribution in [0.1, 0.15) is 18.9 Å². The van der Waals surface area contributed by atoms with Crippen molar-refractivity contribution in [1.82, 2.24) is 9.78 Å². The number of hydrogen-bond acceptors (Lipinski definition) is 1. The summed E-state index contributed by atoms with van der Waals surface area (Å²) in [5.74, 6) is 0. The molecule has 0 radical (unpaired) electrons. The summed E-state index contributed by atoms with van der Waals surface area (Å²) in [7, 11) is 1.93. The highest BCUT2D eigenvalue weighted by Gasteiger charge is 1.94.